The predicted molar refractivity (Wildman–Crippen MR) is 76.0 cm³/mol. The fourth-order valence-corrected chi connectivity index (χ4v) is 2.00. The van der Waals surface area contributed by atoms with Crippen molar-refractivity contribution in [2.24, 2.45) is 0 Å². The van der Waals surface area contributed by atoms with Gasteiger partial charge in [-0.05, 0) is 29.3 Å². The quantitative estimate of drug-likeness (QED) is 0.487. The maximum Gasteiger partial charge on any atom is 0.394 e. The fourth-order valence-electron chi connectivity index (χ4n) is 2.00. The van der Waals surface area contributed by atoms with E-state index in [1.807, 2.05) is 12.3 Å². The Balaban J connectivity index is 0.000000257. The van der Waals surface area contributed by atoms with Gasteiger partial charge in [-0.15, -0.1) is 0 Å². The first-order valence-electron chi connectivity index (χ1n) is 5.66. The Morgan fingerprint density at radius 2 is 1.70 bits per heavy atom. The van der Waals surface area contributed by atoms with E-state index in [0.717, 1.165) is 5.52 Å². The zero-order valence-electron chi connectivity index (χ0n) is 10.6. The van der Waals surface area contributed by atoms with E-state index >= 15 is 0 Å². The Labute approximate surface area is 115 Å². The van der Waals surface area contributed by atoms with Crippen molar-refractivity contribution in [2.75, 3.05) is 0 Å². The van der Waals surface area contributed by atoms with Crippen molar-refractivity contribution >= 4 is 32.1 Å². The third kappa shape index (κ3) is 3.47. The van der Waals surface area contributed by atoms with E-state index in [1.54, 1.807) is 0 Å². The Morgan fingerprint density at radius 3 is 2.40 bits per heavy atom. The Bertz CT molecular complexity index is 855. The fraction of sp³-hybridized carbons (Fsp3) is 0.0769. The minimum absolute atomic E-state index is 0.966. The molecule has 104 valence electrons. The van der Waals surface area contributed by atoms with Gasteiger partial charge < -0.3 is 0 Å². The molecule has 0 spiro atoms. The number of benzene rings is 2. The van der Waals surface area contributed by atoms with E-state index in [4.69, 9.17) is 17.5 Å². The minimum atomic E-state index is -4.67. The molecule has 0 radical (unpaired) electrons. The average molecular weight is 292 g/mol. The van der Waals surface area contributed by atoms with E-state index in [0.29, 0.717) is 0 Å². The molecule has 0 amide bonds. The standard InChI is InChI=1S/C13H10N2.H2O4S/c1-9-8-14-15-12-7-6-10-4-2-3-5-11(10)13(9)12;1-5(2,3)4/h2-8H,1H3;(H2,1,2,3,4). The summed E-state index contributed by atoms with van der Waals surface area (Å²) in [5, 5.41) is 11.8. The van der Waals surface area contributed by atoms with Crippen molar-refractivity contribution in [3.05, 3.63) is 48.2 Å². The highest BCUT2D eigenvalue weighted by Gasteiger charge is 2.03. The molecule has 1 heterocycles. The third-order valence-electron chi connectivity index (χ3n) is 2.72. The molecule has 6 nitrogen and oxygen atoms in total. The number of rotatable bonds is 0. The van der Waals surface area contributed by atoms with Crippen LogP contribution in [0, 0.1) is 6.92 Å². The van der Waals surface area contributed by atoms with Crippen LogP contribution in [0.25, 0.3) is 21.7 Å². The van der Waals surface area contributed by atoms with Crippen LogP contribution in [-0.2, 0) is 10.4 Å². The summed E-state index contributed by atoms with van der Waals surface area (Å²) in [5.41, 5.74) is 2.14. The summed E-state index contributed by atoms with van der Waals surface area (Å²) >= 11 is 0. The lowest BCUT2D eigenvalue weighted by Crippen LogP contribution is -1.89. The molecule has 0 aliphatic heterocycles. The van der Waals surface area contributed by atoms with Crippen LogP contribution in [0.15, 0.2) is 42.6 Å². The molecule has 20 heavy (non-hydrogen) atoms. The second-order valence-electron chi connectivity index (χ2n) is 4.16. The van der Waals surface area contributed by atoms with Gasteiger partial charge in [0.1, 0.15) is 0 Å². The summed E-state index contributed by atoms with van der Waals surface area (Å²) in [6, 6.07) is 12.5. The topological polar surface area (TPSA) is 100 Å². The van der Waals surface area contributed by atoms with Crippen molar-refractivity contribution < 1.29 is 17.5 Å². The van der Waals surface area contributed by atoms with Gasteiger partial charge in [0.25, 0.3) is 0 Å². The molecule has 3 aromatic rings. The molecule has 2 N–H and O–H groups in total. The first-order chi connectivity index (χ1) is 9.36. The van der Waals surface area contributed by atoms with Crippen LogP contribution in [0.2, 0.25) is 0 Å². The highest BCUT2D eigenvalue weighted by Crippen LogP contribution is 2.25. The molecule has 0 unspecified atom stereocenters. The maximum absolute atomic E-state index is 8.74. The number of nitrogens with zero attached hydrogens (tertiary/aromatic N) is 2. The third-order valence-corrected chi connectivity index (χ3v) is 2.72. The molecular formula is C13H12N2O4S. The molecule has 1 aromatic heterocycles. The van der Waals surface area contributed by atoms with E-state index in [2.05, 4.69) is 47.5 Å². The van der Waals surface area contributed by atoms with E-state index in [-0.39, 0.29) is 0 Å². The van der Waals surface area contributed by atoms with Crippen LogP contribution in [0.3, 0.4) is 0 Å². The summed E-state index contributed by atoms with van der Waals surface area (Å²) in [7, 11) is -4.67. The highest BCUT2D eigenvalue weighted by atomic mass is 32.3. The summed E-state index contributed by atoms with van der Waals surface area (Å²) in [5.74, 6) is 0. The zero-order valence-corrected chi connectivity index (χ0v) is 11.4. The largest absolute Gasteiger partial charge is 0.394 e. The SMILES string of the molecule is Cc1cnnc2ccc3ccccc3c12.O=S(=O)(O)O. The molecule has 0 bridgehead atoms. The van der Waals surface area contributed by atoms with E-state index in [1.165, 1.54) is 21.7 Å². The predicted octanol–water partition coefficient (Wildman–Crippen LogP) is 2.44. The number of aromatic nitrogens is 2. The lowest BCUT2D eigenvalue weighted by atomic mass is 10.0. The van der Waals surface area contributed by atoms with Gasteiger partial charge in [-0.25, -0.2) is 0 Å². The van der Waals surface area contributed by atoms with Gasteiger partial charge in [-0.1, -0.05) is 30.3 Å². The van der Waals surface area contributed by atoms with Crippen molar-refractivity contribution in [1.29, 1.82) is 0 Å². The zero-order chi connectivity index (χ0) is 14.8. The minimum Gasteiger partial charge on any atom is -0.264 e. The van der Waals surface area contributed by atoms with Crippen molar-refractivity contribution in [2.45, 2.75) is 6.92 Å². The van der Waals surface area contributed by atoms with Crippen molar-refractivity contribution in [3.8, 4) is 0 Å². The van der Waals surface area contributed by atoms with Gasteiger partial charge in [0.15, 0.2) is 0 Å². The normalized spacial score (nSPS) is 11.2. The lowest BCUT2D eigenvalue weighted by molar-refractivity contribution is 0.381. The molecule has 0 atom stereocenters. The molecule has 0 saturated carbocycles. The van der Waals surface area contributed by atoms with Gasteiger partial charge in [-0.3, -0.25) is 9.11 Å². The number of hydrogen-bond acceptors (Lipinski definition) is 4. The lowest BCUT2D eigenvalue weighted by Gasteiger charge is -2.04. The Morgan fingerprint density at radius 1 is 1.05 bits per heavy atom. The molecule has 0 aliphatic carbocycles. The van der Waals surface area contributed by atoms with E-state index in [9.17, 15) is 0 Å². The summed E-state index contributed by atoms with van der Waals surface area (Å²) in [4.78, 5) is 0. The number of hydrogen-bond donors (Lipinski definition) is 2. The molecule has 2 aromatic carbocycles. The molecule has 0 aliphatic rings. The van der Waals surface area contributed by atoms with Gasteiger partial charge in [0.05, 0.1) is 11.7 Å². The summed E-state index contributed by atoms with van der Waals surface area (Å²) < 4.78 is 31.6. The van der Waals surface area contributed by atoms with Gasteiger partial charge in [0, 0.05) is 5.39 Å². The summed E-state index contributed by atoms with van der Waals surface area (Å²) in [6.45, 7) is 2.07. The molecule has 3 rings (SSSR count). The number of aryl methyl sites for hydroxylation is 1. The first kappa shape index (κ1) is 14.3. The summed E-state index contributed by atoms with van der Waals surface area (Å²) in [6.07, 6.45) is 1.81. The van der Waals surface area contributed by atoms with E-state index < -0.39 is 10.4 Å². The highest BCUT2D eigenvalue weighted by molar-refractivity contribution is 7.79. The van der Waals surface area contributed by atoms with Gasteiger partial charge in [0.2, 0.25) is 0 Å². The maximum atomic E-state index is 8.74. The van der Waals surface area contributed by atoms with Crippen LogP contribution in [0.5, 0.6) is 0 Å². The van der Waals surface area contributed by atoms with Crippen LogP contribution >= 0.6 is 0 Å². The van der Waals surface area contributed by atoms with Crippen LogP contribution < -0.4 is 0 Å². The molecule has 0 saturated heterocycles. The van der Waals surface area contributed by atoms with Crippen LogP contribution in [0.4, 0.5) is 0 Å². The Kier molecular flexibility index (Phi) is 3.93. The van der Waals surface area contributed by atoms with Crippen LogP contribution in [0.1, 0.15) is 5.56 Å². The smallest absolute Gasteiger partial charge is 0.264 e. The van der Waals surface area contributed by atoms with Crippen LogP contribution in [-0.4, -0.2) is 27.7 Å². The van der Waals surface area contributed by atoms with Gasteiger partial charge >= 0.3 is 10.4 Å². The van der Waals surface area contributed by atoms with Crippen molar-refractivity contribution in [3.63, 3.8) is 0 Å². The van der Waals surface area contributed by atoms with Gasteiger partial charge in [-0.2, -0.15) is 18.6 Å². The van der Waals surface area contributed by atoms with Crippen molar-refractivity contribution in [1.82, 2.24) is 10.2 Å². The monoisotopic (exact) mass is 292 g/mol. The second-order valence-corrected chi connectivity index (χ2v) is 5.05. The average Bonchev–Trinajstić information content (AvgIpc) is 2.36. The second kappa shape index (κ2) is 5.49. The number of fused-ring (bicyclic) bond motifs is 3. The molecular weight excluding hydrogens is 280 g/mol. The molecule has 7 heteroatoms. The first-order valence-corrected chi connectivity index (χ1v) is 7.05. The Hall–Kier alpha value is -2.09. The molecule has 0 fully saturated rings.